The molecule has 1 N–H and O–H groups in total. The minimum Gasteiger partial charge on any atom is -0.496 e. The molecular formula is C15H20ClN3O. The van der Waals surface area contributed by atoms with Crippen LogP contribution in [0.5, 0.6) is 5.75 Å². The van der Waals surface area contributed by atoms with Gasteiger partial charge in [0.15, 0.2) is 0 Å². The standard InChI is InChI=1S/C15H20ClN3O/c1-17-14(7-5-12-8-9-18-19(12)2)13-6-4-11(16)10-15(13)20-3/h4,6,8-10,14,17H,5,7H2,1-3H3. The van der Waals surface area contributed by atoms with Gasteiger partial charge < -0.3 is 10.1 Å². The van der Waals surface area contributed by atoms with Gasteiger partial charge in [-0.25, -0.2) is 0 Å². The van der Waals surface area contributed by atoms with E-state index in [9.17, 15) is 0 Å². The molecule has 20 heavy (non-hydrogen) atoms. The molecule has 0 radical (unpaired) electrons. The lowest BCUT2D eigenvalue weighted by molar-refractivity contribution is 0.398. The SMILES string of the molecule is CNC(CCc1ccnn1C)c1ccc(Cl)cc1OC. The summed E-state index contributed by atoms with van der Waals surface area (Å²) in [5.74, 6) is 0.821. The number of aryl methyl sites for hydroxylation is 2. The molecule has 0 spiro atoms. The van der Waals surface area contributed by atoms with Gasteiger partial charge in [0.05, 0.1) is 7.11 Å². The van der Waals surface area contributed by atoms with Gasteiger partial charge in [0, 0.05) is 35.6 Å². The molecule has 1 aromatic carbocycles. The lowest BCUT2D eigenvalue weighted by atomic mass is 10.00. The molecule has 0 aliphatic heterocycles. The first-order chi connectivity index (χ1) is 9.65. The highest BCUT2D eigenvalue weighted by Gasteiger charge is 2.15. The molecule has 1 unspecified atom stereocenters. The zero-order valence-corrected chi connectivity index (χ0v) is 12.8. The molecule has 0 aliphatic rings. The van der Waals surface area contributed by atoms with Crippen LogP contribution in [-0.2, 0) is 13.5 Å². The van der Waals surface area contributed by atoms with E-state index in [1.165, 1.54) is 5.69 Å². The molecule has 1 atom stereocenters. The zero-order valence-electron chi connectivity index (χ0n) is 12.1. The highest BCUT2D eigenvalue weighted by Crippen LogP contribution is 2.30. The number of benzene rings is 1. The van der Waals surface area contributed by atoms with Crippen molar-refractivity contribution in [1.82, 2.24) is 15.1 Å². The van der Waals surface area contributed by atoms with Crippen molar-refractivity contribution in [1.29, 1.82) is 0 Å². The number of nitrogens with one attached hydrogen (secondary N) is 1. The predicted octanol–water partition coefficient (Wildman–Crippen LogP) is 2.98. The van der Waals surface area contributed by atoms with Crippen LogP contribution < -0.4 is 10.1 Å². The van der Waals surface area contributed by atoms with E-state index in [4.69, 9.17) is 16.3 Å². The van der Waals surface area contributed by atoms with Crippen molar-refractivity contribution in [3.8, 4) is 5.75 Å². The Kier molecular flexibility index (Phi) is 5.04. The minimum atomic E-state index is 0.220. The van der Waals surface area contributed by atoms with Crippen LogP contribution in [0.2, 0.25) is 5.02 Å². The molecule has 0 bridgehead atoms. The van der Waals surface area contributed by atoms with E-state index in [-0.39, 0.29) is 6.04 Å². The fourth-order valence-corrected chi connectivity index (χ4v) is 2.53. The molecule has 2 rings (SSSR count). The third-order valence-corrected chi connectivity index (χ3v) is 3.77. The highest BCUT2D eigenvalue weighted by atomic mass is 35.5. The molecule has 2 aromatic rings. The van der Waals surface area contributed by atoms with Crippen molar-refractivity contribution < 1.29 is 4.74 Å². The number of ether oxygens (including phenoxy) is 1. The fourth-order valence-electron chi connectivity index (χ4n) is 2.37. The van der Waals surface area contributed by atoms with Crippen molar-refractivity contribution in [2.45, 2.75) is 18.9 Å². The average Bonchev–Trinajstić information content (AvgIpc) is 2.86. The van der Waals surface area contributed by atoms with Crippen LogP contribution in [0.1, 0.15) is 23.7 Å². The number of aromatic nitrogens is 2. The van der Waals surface area contributed by atoms with E-state index in [1.54, 1.807) is 7.11 Å². The number of hydrogen-bond donors (Lipinski definition) is 1. The monoisotopic (exact) mass is 293 g/mol. The van der Waals surface area contributed by atoms with Crippen molar-refractivity contribution in [2.75, 3.05) is 14.2 Å². The summed E-state index contributed by atoms with van der Waals surface area (Å²) in [5, 5.41) is 8.22. The maximum Gasteiger partial charge on any atom is 0.125 e. The largest absolute Gasteiger partial charge is 0.496 e. The summed E-state index contributed by atoms with van der Waals surface area (Å²) in [4.78, 5) is 0. The summed E-state index contributed by atoms with van der Waals surface area (Å²) in [6.07, 6.45) is 3.74. The number of methoxy groups -OCH3 is 1. The van der Waals surface area contributed by atoms with Crippen LogP contribution in [-0.4, -0.2) is 23.9 Å². The van der Waals surface area contributed by atoms with E-state index in [2.05, 4.69) is 10.4 Å². The quantitative estimate of drug-likeness (QED) is 0.890. The molecule has 0 saturated heterocycles. The Morgan fingerprint density at radius 3 is 2.80 bits per heavy atom. The van der Waals surface area contributed by atoms with Crippen LogP contribution in [0, 0.1) is 0 Å². The van der Waals surface area contributed by atoms with Gasteiger partial charge in [0.1, 0.15) is 5.75 Å². The van der Waals surface area contributed by atoms with Crippen molar-refractivity contribution in [2.24, 2.45) is 7.05 Å². The van der Waals surface area contributed by atoms with Gasteiger partial charge in [-0.2, -0.15) is 5.10 Å². The summed E-state index contributed by atoms with van der Waals surface area (Å²) >= 11 is 6.01. The molecule has 0 saturated carbocycles. The summed E-state index contributed by atoms with van der Waals surface area (Å²) in [5.41, 5.74) is 2.35. The second-order valence-electron chi connectivity index (χ2n) is 4.71. The van der Waals surface area contributed by atoms with Gasteiger partial charge in [-0.15, -0.1) is 0 Å². The van der Waals surface area contributed by atoms with Gasteiger partial charge in [0.25, 0.3) is 0 Å². The Morgan fingerprint density at radius 1 is 1.40 bits per heavy atom. The first kappa shape index (κ1) is 14.9. The summed E-state index contributed by atoms with van der Waals surface area (Å²) in [7, 11) is 5.59. The van der Waals surface area contributed by atoms with E-state index in [0.717, 1.165) is 24.2 Å². The van der Waals surface area contributed by atoms with E-state index < -0.39 is 0 Å². The lowest BCUT2D eigenvalue weighted by Crippen LogP contribution is -2.18. The molecule has 4 nitrogen and oxygen atoms in total. The van der Waals surface area contributed by atoms with Crippen LogP contribution >= 0.6 is 11.6 Å². The fraction of sp³-hybridized carbons (Fsp3) is 0.400. The molecule has 108 valence electrons. The molecule has 0 amide bonds. The number of hydrogen-bond acceptors (Lipinski definition) is 3. The highest BCUT2D eigenvalue weighted by molar-refractivity contribution is 6.30. The van der Waals surface area contributed by atoms with Gasteiger partial charge in [0.2, 0.25) is 0 Å². The van der Waals surface area contributed by atoms with Crippen molar-refractivity contribution in [3.05, 3.63) is 46.7 Å². The van der Waals surface area contributed by atoms with Gasteiger partial charge in [-0.05, 0) is 38.1 Å². The third kappa shape index (κ3) is 3.32. The predicted molar refractivity (Wildman–Crippen MR) is 81.3 cm³/mol. The summed E-state index contributed by atoms with van der Waals surface area (Å²) in [6, 6.07) is 8.04. The Balaban J connectivity index is 2.14. The Labute approximate surface area is 124 Å². The van der Waals surface area contributed by atoms with E-state index >= 15 is 0 Å². The minimum absolute atomic E-state index is 0.220. The number of nitrogens with zero attached hydrogens (tertiary/aromatic N) is 2. The number of halogens is 1. The molecule has 0 aliphatic carbocycles. The normalized spacial score (nSPS) is 12.4. The first-order valence-electron chi connectivity index (χ1n) is 6.63. The molecule has 1 aromatic heterocycles. The van der Waals surface area contributed by atoms with Gasteiger partial charge >= 0.3 is 0 Å². The van der Waals surface area contributed by atoms with Crippen LogP contribution in [0.25, 0.3) is 0 Å². The maximum absolute atomic E-state index is 6.01. The summed E-state index contributed by atoms with van der Waals surface area (Å²) in [6.45, 7) is 0. The Morgan fingerprint density at radius 2 is 2.20 bits per heavy atom. The third-order valence-electron chi connectivity index (χ3n) is 3.53. The van der Waals surface area contributed by atoms with Crippen LogP contribution in [0.3, 0.4) is 0 Å². The summed E-state index contributed by atoms with van der Waals surface area (Å²) < 4.78 is 7.34. The smallest absolute Gasteiger partial charge is 0.125 e. The van der Waals surface area contributed by atoms with Crippen LogP contribution in [0.15, 0.2) is 30.5 Å². The first-order valence-corrected chi connectivity index (χ1v) is 7.01. The van der Waals surface area contributed by atoms with E-state index in [0.29, 0.717) is 5.02 Å². The molecule has 5 heteroatoms. The maximum atomic E-state index is 6.01. The van der Waals surface area contributed by atoms with Gasteiger partial charge in [-0.3, -0.25) is 4.68 Å². The molecule has 0 fully saturated rings. The number of rotatable bonds is 6. The molecule has 1 heterocycles. The van der Waals surface area contributed by atoms with Crippen LogP contribution in [0.4, 0.5) is 0 Å². The topological polar surface area (TPSA) is 39.1 Å². The molecular weight excluding hydrogens is 274 g/mol. The average molecular weight is 294 g/mol. The lowest BCUT2D eigenvalue weighted by Gasteiger charge is -2.19. The van der Waals surface area contributed by atoms with Gasteiger partial charge in [-0.1, -0.05) is 17.7 Å². The Bertz CT molecular complexity index is 568. The second kappa shape index (κ2) is 6.77. The second-order valence-corrected chi connectivity index (χ2v) is 5.15. The Hall–Kier alpha value is -1.52. The zero-order chi connectivity index (χ0) is 14.5. The van der Waals surface area contributed by atoms with Crippen molar-refractivity contribution in [3.63, 3.8) is 0 Å². The van der Waals surface area contributed by atoms with E-state index in [1.807, 2.05) is 49.2 Å². The van der Waals surface area contributed by atoms with Crippen molar-refractivity contribution >= 4 is 11.6 Å².